The zero-order valence-corrected chi connectivity index (χ0v) is 16.5. The zero-order chi connectivity index (χ0) is 20.8. The Balaban J connectivity index is 2.00. The number of likely N-dealkylation sites (tertiary alicyclic amines) is 1. The molecule has 0 aromatic heterocycles. The van der Waals surface area contributed by atoms with Crippen molar-refractivity contribution in [3.63, 3.8) is 0 Å². The van der Waals surface area contributed by atoms with Crippen LogP contribution in [0.15, 0.2) is 35.5 Å². The molecular formula is C20H26N4O5. The van der Waals surface area contributed by atoms with E-state index in [0.717, 1.165) is 25.9 Å². The van der Waals surface area contributed by atoms with Crippen LogP contribution in [-0.4, -0.2) is 48.1 Å². The first kappa shape index (κ1) is 20.8. The lowest BCUT2D eigenvalue weighted by molar-refractivity contribution is -0.384. The van der Waals surface area contributed by atoms with Crippen molar-refractivity contribution in [2.24, 2.45) is 0 Å². The number of nitro groups is 1. The van der Waals surface area contributed by atoms with Crippen molar-refractivity contribution in [1.82, 2.24) is 15.5 Å². The normalized spacial score (nSPS) is 20.4. The molecule has 1 atom stereocenters. The minimum atomic E-state index is -0.815. The van der Waals surface area contributed by atoms with Crippen LogP contribution in [0.5, 0.6) is 0 Å². The van der Waals surface area contributed by atoms with E-state index in [9.17, 15) is 19.7 Å². The van der Waals surface area contributed by atoms with Crippen LogP contribution in [-0.2, 0) is 9.53 Å². The lowest BCUT2D eigenvalue weighted by Gasteiger charge is -2.31. The molecule has 2 heterocycles. The van der Waals surface area contributed by atoms with Gasteiger partial charge in [0.05, 0.1) is 23.1 Å². The fourth-order valence-corrected chi connectivity index (χ4v) is 3.78. The van der Waals surface area contributed by atoms with Gasteiger partial charge in [0.25, 0.3) is 5.69 Å². The van der Waals surface area contributed by atoms with E-state index in [0.29, 0.717) is 17.8 Å². The second kappa shape index (κ2) is 9.51. The molecule has 29 heavy (non-hydrogen) atoms. The number of carbonyl (C=O) groups is 2. The van der Waals surface area contributed by atoms with Crippen LogP contribution in [0.3, 0.4) is 0 Å². The van der Waals surface area contributed by atoms with Crippen molar-refractivity contribution in [1.29, 1.82) is 0 Å². The number of nitrogens with zero attached hydrogens (tertiary/aromatic N) is 2. The van der Waals surface area contributed by atoms with Gasteiger partial charge in [-0.3, -0.25) is 15.0 Å². The Kier molecular flexibility index (Phi) is 6.82. The minimum absolute atomic E-state index is 0.104. The van der Waals surface area contributed by atoms with Crippen LogP contribution < -0.4 is 10.6 Å². The van der Waals surface area contributed by atoms with E-state index in [-0.39, 0.29) is 17.9 Å². The number of rotatable bonds is 6. The Morgan fingerprint density at radius 2 is 2.00 bits per heavy atom. The third-order valence-electron chi connectivity index (χ3n) is 5.14. The van der Waals surface area contributed by atoms with Gasteiger partial charge in [-0.25, -0.2) is 9.59 Å². The van der Waals surface area contributed by atoms with Gasteiger partial charge in [0.1, 0.15) is 0 Å². The zero-order valence-electron chi connectivity index (χ0n) is 16.5. The van der Waals surface area contributed by atoms with Crippen LogP contribution in [0.2, 0.25) is 0 Å². The summed E-state index contributed by atoms with van der Waals surface area (Å²) in [5, 5.41) is 16.7. The molecule has 1 fully saturated rings. The average molecular weight is 402 g/mol. The van der Waals surface area contributed by atoms with Crippen molar-refractivity contribution in [2.75, 3.05) is 26.2 Å². The summed E-state index contributed by atoms with van der Waals surface area (Å²) < 4.78 is 5.25. The van der Waals surface area contributed by atoms with Crippen molar-refractivity contribution < 1.29 is 19.2 Å². The Labute approximate surface area is 169 Å². The van der Waals surface area contributed by atoms with E-state index in [1.54, 1.807) is 19.1 Å². The molecule has 1 saturated heterocycles. The molecule has 2 aliphatic rings. The van der Waals surface area contributed by atoms with E-state index >= 15 is 0 Å². The molecule has 0 aliphatic carbocycles. The number of ether oxygens (including phenoxy) is 1. The van der Waals surface area contributed by atoms with Crippen molar-refractivity contribution in [3.05, 3.63) is 51.2 Å². The van der Waals surface area contributed by atoms with Crippen LogP contribution in [0.1, 0.15) is 44.2 Å². The molecule has 2 amide bonds. The molecule has 0 spiro atoms. The van der Waals surface area contributed by atoms with Crippen LogP contribution in [0.4, 0.5) is 10.5 Å². The Morgan fingerprint density at radius 1 is 1.28 bits per heavy atom. The molecule has 2 aliphatic heterocycles. The van der Waals surface area contributed by atoms with Crippen LogP contribution in [0.25, 0.3) is 0 Å². The predicted octanol–water partition coefficient (Wildman–Crippen LogP) is 2.64. The molecule has 1 aromatic carbocycles. The highest BCUT2D eigenvalue weighted by Gasteiger charge is 2.35. The van der Waals surface area contributed by atoms with Gasteiger partial charge < -0.3 is 15.4 Å². The first-order valence-electron chi connectivity index (χ1n) is 9.94. The molecule has 1 aromatic rings. The van der Waals surface area contributed by atoms with Gasteiger partial charge in [0, 0.05) is 24.4 Å². The number of nitro benzene ring substituents is 1. The first-order chi connectivity index (χ1) is 14.0. The van der Waals surface area contributed by atoms with Gasteiger partial charge in [-0.05, 0) is 38.4 Å². The minimum Gasteiger partial charge on any atom is -0.463 e. The smallest absolute Gasteiger partial charge is 0.338 e. The fraction of sp³-hybridized carbons (Fsp3) is 0.500. The molecule has 2 N–H and O–H groups in total. The van der Waals surface area contributed by atoms with E-state index in [1.807, 2.05) is 0 Å². The molecule has 156 valence electrons. The van der Waals surface area contributed by atoms with Gasteiger partial charge in [-0.2, -0.15) is 0 Å². The maximum atomic E-state index is 12.8. The lowest BCUT2D eigenvalue weighted by Crippen LogP contribution is -2.48. The highest BCUT2D eigenvalue weighted by molar-refractivity contribution is 5.95. The largest absolute Gasteiger partial charge is 0.463 e. The Hall–Kier alpha value is -2.94. The topological polar surface area (TPSA) is 114 Å². The number of amides is 2. The number of carbonyl (C=O) groups excluding carboxylic acids is 2. The first-order valence-corrected chi connectivity index (χ1v) is 9.94. The summed E-state index contributed by atoms with van der Waals surface area (Å²) in [4.78, 5) is 38.0. The predicted molar refractivity (Wildman–Crippen MR) is 106 cm³/mol. The summed E-state index contributed by atoms with van der Waals surface area (Å²) in [6, 6.07) is 4.69. The fourth-order valence-electron chi connectivity index (χ4n) is 3.78. The Bertz CT molecular complexity index is 815. The van der Waals surface area contributed by atoms with E-state index < -0.39 is 23.0 Å². The summed E-state index contributed by atoms with van der Waals surface area (Å²) in [5.41, 5.74) is 1.14. The summed E-state index contributed by atoms with van der Waals surface area (Å²) in [5.74, 6) is -0.540. The van der Waals surface area contributed by atoms with E-state index in [4.69, 9.17) is 4.74 Å². The van der Waals surface area contributed by atoms with E-state index in [2.05, 4.69) is 15.5 Å². The number of benzene rings is 1. The maximum absolute atomic E-state index is 12.8. The highest BCUT2D eigenvalue weighted by atomic mass is 16.6. The molecule has 9 nitrogen and oxygen atoms in total. The van der Waals surface area contributed by atoms with Crippen molar-refractivity contribution in [3.8, 4) is 0 Å². The number of esters is 1. The monoisotopic (exact) mass is 402 g/mol. The molecule has 3 rings (SSSR count). The van der Waals surface area contributed by atoms with Crippen molar-refractivity contribution in [2.45, 2.75) is 38.6 Å². The van der Waals surface area contributed by atoms with E-state index in [1.165, 1.54) is 25.0 Å². The lowest BCUT2D eigenvalue weighted by atomic mass is 9.94. The molecule has 0 bridgehead atoms. The standard InChI is InChI=1S/C20H26N4O5/c1-2-29-19(25)17-16(13-23-10-5-3-4-6-11-23)21-20(26)22-18(17)14-8-7-9-15(12-14)24(27)28/h7-9,12,18H,2-6,10-11,13H2,1H3,(H2,21,22,26)/t18-/m1/s1. The summed E-state index contributed by atoms with van der Waals surface area (Å²) in [6.07, 6.45) is 4.49. The summed E-state index contributed by atoms with van der Waals surface area (Å²) >= 11 is 0. The van der Waals surface area contributed by atoms with Crippen LogP contribution >= 0.6 is 0 Å². The highest BCUT2D eigenvalue weighted by Crippen LogP contribution is 2.30. The van der Waals surface area contributed by atoms with Crippen LogP contribution in [0, 0.1) is 10.1 Å². The van der Waals surface area contributed by atoms with Crippen molar-refractivity contribution >= 4 is 17.7 Å². The summed E-state index contributed by atoms with van der Waals surface area (Å²) in [6.45, 7) is 4.11. The van der Waals surface area contributed by atoms with Gasteiger partial charge in [-0.1, -0.05) is 25.0 Å². The summed E-state index contributed by atoms with van der Waals surface area (Å²) in [7, 11) is 0. The number of non-ortho nitro benzene ring substituents is 1. The molecule has 9 heteroatoms. The third-order valence-corrected chi connectivity index (χ3v) is 5.14. The van der Waals surface area contributed by atoms with Gasteiger partial charge in [0.15, 0.2) is 0 Å². The molecule has 0 saturated carbocycles. The number of hydrogen-bond donors (Lipinski definition) is 2. The molecular weight excluding hydrogens is 376 g/mol. The number of urea groups is 1. The maximum Gasteiger partial charge on any atom is 0.338 e. The quantitative estimate of drug-likeness (QED) is 0.430. The number of hydrogen-bond acceptors (Lipinski definition) is 6. The molecule has 0 unspecified atom stereocenters. The SMILES string of the molecule is CCOC(=O)C1=C(CN2CCCCCC2)NC(=O)N[C@@H]1c1cccc([N+](=O)[O-])c1. The second-order valence-electron chi connectivity index (χ2n) is 7.19. The second-order valence-corrected chi connectivity index (χ2v) is 7.19. The van der Waals surface area contributed by atoms with Gasteiger partial charge in [-0.15, -0.1) is 0 Å². The van der Waals surface area contributed by atoms with Gasteiger partial charge in [0.2, 0.25) is 0 Å². The Morgan fingerprint density at radius 3 is 2.66 bits per heavy atom. The third kappa shape index (κ3) is 5.11. The number of nitrogens with one attached hydrogen (secondary N) is 2. The average Bonchev–Trinajstić information content (AvgIpc) is 2.96. The molecule has 0 radical (unpaired) electrons. The van der Waals surface area contributed by atoms with Gasteiger partial charge >= 0.3 is 12.0 Å².